The van der Waals surface area contributed by atoms with E-state index in [1.165, 1.54) is 6.07 Å². The number of nitrogens with one attached hydrogen (secondary N) is 3. The van der Waals surface area contributed by atoms with Gasteiger partial charge in [0.05, 0.1) is 18.8 Å². The Bertz CT molecular complexity index is 1100. The standard InChI is InChI=1S/C28H35FN4O4/c1-3-7-23-28(36)33-24(25(34)18-31-17-21-12-19(4-2)15-30-16-21)14-20-9-10-26(22(29)13-20)37-11-6-5-8-27(35)32-23/h1,9-10,12-13,15-16,23-25,31,34H,4-8,11,14,17-18H2,2H3,(H,32,35)(H,33,36). The predicted octanol–water partition coefficient (Wildman–Crippen LogP) is 2.03. The van der Waals surface area contributed by atoms with E-state index in [9.17, 15) is 19.1 Å². The highest BCUT2D eigenvalue weighted by molar-refractivity contribution is 5.88. The van der Waals surface area contributed by atoms with Crippen LogP contribution in [0.1, 0.15) is 49.3 Å². The van der Waals surface area contributed by atoms with Gasteiger partial charge in [-0.15, -0.1) is 12.3 Å². The third-order valence-electron chi connectivity index (χ3n) is 6.22. The van der Waals surface area contributed by atoms with Crippen LogP contribution in [-0.2, 0) is 29.0 Å². The number of fused-ring (bicyclic) bond motifs is 13. The first kappa shape index (κ1) is 28.1. The van der Waals surface area contributed by atoms with Crippen LogP contribution >= 0.6 is 0 Å². The van der Waals surface area contributed by atoms with Gasteiger partial charge in [-0.05, 0) is 54.5 Å². The highest BCUT2D eigenvalue weighted by Gasteiger charge is 2.27. The summed E-state index contributed by atoms with van der Waals surface area (Å²) < 4.78 is 20.2. The van der Waals surface area contributed by atoms with E-state index in [-0.39, 0.29) is 44.1 Å². The number of aliphatic hydroxyl groups excluding tert-OH is 1. The molecule has 198 valence electrons. The molecule has 0 saturated heterocycles. The van der Waals surface area contributed by atoms with Crippen molar-refractivity contribution in [3.63, 3.8) is 0 Å². The second kappa shape index (κ2) is 14.3. The highest BCUT2D eigenvalue weighted by Crippen LogP contribution is 2.20. The lowest BCUT2D eigenvalue weighted by molar-refractivity contribution is -0.129. The second-order valence-corrected chi connectivity index (χ2v) is 9.17. The molecule has 3 unspecified atom stereocenters. The Balaban J connectivity index is 1.77. The molecule has 37 heavy (non-hydrogen) atoms. The minimum Gasteiger partial charge on any atom is -0.491 e. The van der Waals surface area contributed by atoms with Crippen LogP contribution in [0.4, 0.5) is 4.39 Å². The average Bonchev–Trinajstić information content (AvgIpc) is 2.88. The van der Waals surface area contributed by atoms with E-state index in [1.54, 1.807) is 18.3 Å². The molecule has 1 aromatic heterocycles. The summed E-state index contributed by atoms with van der Waals surface area (Å²) in [5.74, 6) is 1.23. The Morgan fingerprint density at radius 2 is 2.05 bits per heavy atom. The first-order chi connectivity index (χ1) is 17.9. The van der Waals surface area contributed by atoms with Crippen molar-refractivity contribution in [2.45, 2.75) is 70.2 Å². The van der Waals surface area contributed by atoms with E-state index in [0.717, 1.165) is 17.5 Å². The fraction of sp³-hybridized carbons (Fsp3) is 0.464. The van der Waals surface area contributed by atoms with Crippen molar-refractivity contribution in [2.24, 2.45) is 0 Å². The van der Waals surface area contributed by atoms with Crippen LogP contribution in [0, 0.1) is 18.2 Å². The van der Waals surface area contributed by atoms with Crippen molar-refractivity contribution in [3.8, 4) is 18.1 Å². The number of ether oxygens (including phenoxy) is 1. The zero-order chi connectivity index (χ0) is 26.6. The molecule has 2 amide bonds. The Morgan fingerprint density at radius 3 is 2.81 bits per heavy atom. The highest BCUT2D eigenvalue weighted by atomic mass is 19.1. The summed E-state index contributed by atoms with van der Waals surface area (Å²) in [5.41, 5.74) is 2.67. The Kier molecular flexibility index (Phi) is 10.9. The summed E-state index contributed by atoms with van der Waals surface area (Å²) in [6.45, 7) is 2.96. The molecule has 0 aliphatic carbocycles. The normalized spacial score (nSPS) is 19.8. The van der Waals surface area contributed by atoms with Gasteiger partial charge >= 0.3 is 0 Å². The van der Waals surface area contributed by atoms with Crippen LogP contribution < -0.4 is 20.7 Å². The Labute approximate surface area is 217 Å². The minimum absolute atomic E-state index is 0.00580. The molecular formula is C28H35FN4O4. The van der Waals surface area contributed by atoms with Crippen molar-refractivity contribution in [1.82, 2.24) is 20.9 Å². The number of rotatable bonds is 7. The van der Waals surface area contributed by atoms with Gasteiger partial charge in [-0.1, -0.05) is 19.1 Å². The maximum absolute atomic E-state index is 14.6. The summed E-state index contributed by atoms with van der Waals surface area (Å²) >= 11 is 0. The van der Waals surface area contributed by atoms with Crippen molar-refractivity contribution < 1.29 is 23.8 Å². The maximum Gasteiger partial charge on any atom is 0.243 e. The number of amides is 2. The van der Waals surface area contributed by atoms with Crippen LogP contribution in [0.15, 0.2) is 36.7 Å². The molecule has 0 saturated carbocycles. The summed E-state index contributed by atoms with van der Waals surface area (Å²) in [6.07, 6.45) is 10.3. The van der Waals surface area contributed by atoms with Gasteiger partial charge in [0.1, 0.15) is 6.04 Å². The second-order valence-electron chi connectivity index (χ2n) is 9.17. The fourth-order valence-corrected chi connectivity index (χ4v) is 4.11. The number of nitrogens with zero attached hydrogens (tertiary/aromatic N) is 1. The number of halogens is 1. The van der Waals surface area contributed by atoms with Crippen LogP contribution in [0.3, 0.4) is 0 Å². The molecule has 3 heterocycles. The van der Waals surface area contributed by atoms with E-state index in [4.69, 9.17) is 11.2 Å². The number of benzene rings is 1. The van der Waals surface area contributed by atoms with E-state index in [1.807, 2.05) is 12.3 Å². The van der Waals surface area contributed by atoms with Crippen LogP contribution in [-0.4, -0.2) is 53.2 Å². The Morgan fingerprint density at radius 1 is 1.24 bits per heavy atom. The van der Waals surface area contributed by atoms with Crippen LogP contribution in [0.25, 0.3) is 0 Å². The molecule has 0 spiro atoms. The number of hydrogen-bond acceptors (Lipinski definition) is 6. The molecule has 0 radical (unpaired) electrons. The zero-order valence-corrected chi connectivity index (χ0v) is 21.1. The lowest BCUT2D eigenvalue weighted by Crippen LogP contribution is -2.54. The topological polar surface area (TPSA) is 113 Å². The predicted molar refractivity (Wildman–Crippen MR) is 138 cm³/mol. The summed E-state index contributed by atoms with van der Waals surface area (Å²) in [6, 6.07) is 4.94. The lowest BCUT2D eigenvalue weighted by atomic mass is 9.99. The first-order valence-corrected chi connectivity index (χ1v) is 12.7. The van der Waals surface area contributed by atoms with E-state index >= 15 is 0 Å². The SMILES string of the molecule is C#CCC1NC(=O)CCCCOc2ccc(cc2F)CC(C(O)CNCc2cncc(CC)c2)NC1=O. The van der Waals surface area contributed by atoms with Crippen molar-refractivity contribution in [1.29, 1.82) is 0 Å². The lowest BCUT2D eigenvalue weighted by Gasteiger charge is -2.27. The summed E-state index contributed by atoms with van der Waals surface area (Å²) in [7, 11) is 0. The van der Waals surface area contributed by atoms with Crippen molar-refractivity contribution in [2.75, 3.05) is 13.2 Å². The zero-order valence-electron chi connectivity index (χ0n) is 21.1. The average molecular weight is 511 g/mol. The number of terminal acetylenes is 1. The van der Waals surface area contributed by atoms with E-state index < -0.39 is 29.9 Å². The molecule has 1 aromatic carbocycles. The molecule has 2 aliphatic heterocycles. The number of aryl methyl sites for hydroxylation is 1. The van der Waals surface area contributed by atoms with Gasteiger partial charge in [-0.25, -0.2) is 4.39 Å². The van der Waals surface area contributed by atoms with Crippen molar-refractivity contribution in [3.05, 3.63) is 59.2 Å². The summed E-state index contributed by atoms with van der Waals surface area (Å²) in [5, 5.41) is 19.7. The minimum atomic E-state index is -1.01. The molecule has 4 rings (SSSR count). The largest absolute Gasteiger partial charge is 0.491 e. The molecule has 2 bridgehead atoms. The van der Waals surface area contributed by atoms with Gasteiger partial charge in [0, 0.05) is 38.3 Å². The van der Waals surface area contributed by atoms with Gasteiger partial charge in [-0.2, -0.15) is 0 Å². The molecule has 3 atom stereocenters. The maximum atomic E-state index is 14.6. The van der Waals surface area contributed by atoms with Crippen LogP contribution in [0.2, 0.25) is 0 Å². The first-order valence-electron chi connectivity index (χ1n) is 12.7. The van der Waals surface area contributed by atoms with Gasteiger partial charge in [0.25, 0.3) is 0 Å². The Hall–Kier alpha value is -3.48. The van der Waals surface area contributed by atoms with Crippen LogP contribution in [0.5, 0.6) is 5.75 Å². The molecule has 2 aliphatic rings. The number of aliphatic hydroxyl groups is 1. The third kappa shape index (κ3) is 8.85. The molecule has 9 heteroatoms. The fourth-order valence-electron chi connectivity index (χ4n) is 4.11. The molecule has 0 fully saturated rings. The molecule has 2 aromatic rings. The van der Waals surface area contributed by atoms with E-state index in [2.05, 4.69) is 33.8 Å². The smallest absolute Gasteiger partial charge is 0.243 e. The van der Waals surface area contributed by atoms with E-state index in [0.29, 0.717) is 24.9 Å². The molecule has 8 nitrogen and oxygen atoms in total. The van der Waals surface area contributed by atoms with Gasteiger partial charge in [0.2, 0.25) is 11.8 Å². The molecular weight excluding hydrogens is 475 g/mol. The number of pyridine rings is 1. The third-order valence-corrected chi connectivity index (χ3v) is 6.22. The summed E-state index contributed by atoms with van der Waals surface area (Å²) in [4.78, 5) is 29.7. The number of hydrogen-bond donors (Lipinski definition) is 4. The van der Waals surface area contributed by atoms with Gasteiger partial charge in [0.15, 0.2) is 11.6 Å². The van der Waals surface area contributed by atoms with Gasteiger partial charge < -0.3 is 25.8 Å². The molecule has 4 N–H and O–H groups in total. The number of carbonyl (C=O) groups is 2. The monoisotopic (exact) mass is 510 g/mol. The number of aromatic nitrogens is 1. The number of carbonyl (C=O) groups excluding carboxylic acids is 2. The van der Waals surface area contributed by atoms with Crippen molar-refractivity contribution >= 4 is 11.8 Å². The quantitative estimate of drug-likeness (QED) is 0.424. The van der Waals surface area contributed by atoms with Gasteiger partial charge in [-0.3, -0.25) is 14.6 Å².